The van der Waals surface area contributed by atoms with Crippen LogP contribution < -0.4 is 5.32 Å². The first-order valence-electron chi connectivity index (χ1n) is 7.72. The summed E-state index contributed by atoms with van der Waals surface area (Å²) in [7, 11) is 0. The zero-order chi connectivity index (χ0) is 16.0. The van der Waals surface area contributed by atoms with Crippen molar-refractivity contribution in [3.8, 4) is 0 Å². The normalized spacial score (nSPS) is 21.4. The molecule has 0 aromatic heterocycles. The molecular formula is C15H28N2O4. The quantitative estimate of drug-likeness (QED) is 0.665. The van der Waals surface area contributed by atoms with Crippen LogP contribution in [0.15, 0.2) is 0 Å². The number of urea groups is 1. The van der Waals surface area contributed by atoms with E-state index in [1.54, 1.807) is 11.8 Å². The molecule has 1 saturated heterocycles. The lowest BCUT2D eigenvalue weighted by molar-refractivity contribution is -0.138. The number of carbonyl (C=O) groups excluding carboxylic acids is 1. The maximum Gasteiger partial charge on any atom is 0.317 e. The highest BCUT2D eigenvalue weighted by atomic mass is 16.4. The van der Waals surface area contributed by atoms with Gasteiger partial charge < -0.3 is 20.4 Å². The number of aliphatic hydroxyl groups is 1. The summed E-state index contributed by atoms with van der Waals surface area (Å²) in [5.74, 6) is -0.328. The summed E-state index contributed by atoms with van der Waals surface area (Å²) >= 11 is 0. The SMILES string of the molecule is CC(C)C[C@H](CNC(=O)N1CCC(C(C)O)C1)CC(=O)O. The minimum Gasteiger partial charge on any atom is -0.481 e. The van der Waals surface area contributed by atoms with Crippen molar-refractivity contribution in [1.82, 2.24) is 10.2 Å². The first kappa shape index (κ1) is 17.8. The molecule has 6 nitrogen and oxygen atoms in total. The van der Waals surface area contributed by atoms with E-state index in [-0.39, 0.29) is 24.3 Å². The van der Waals surface area contributed by atoms with Crippen LogP contribution in [0.4, 0.5) is 4.79 Å². The lowest BCUT2D eigenvalue weighted by Crippen LogP contribution is -2.41. The van der Waals surface area contributed by atoms with Gasteiger partial charge in [-0.15, -0.1) is 0 Å². The topological polar surface area (TPSA) is 89.9 Å². The minimum absolute atomic E-state index is 0.0402. The average Bonchev–Trinajstić information content (AvgIpc) is 2.83. The molecule has 1 aliphatic rings. The maximum atomic E-state index is 12.1. The van der Waals surface area contributed by atoms with E-state index in [0.29, 0.717) is 25.6 Å². The van der Waals surface area contributed by atoms with Crippen molar-refractivity contribution in [1.29, 1.82) is 0 Å². The molecule has 0 radical (unpaired) electrons. The second kappa shape index (κ2) is 8.22. The highest BCUT2D eigenvalue weighted by Crippen LogP contribution is 2.20. The van der Waals surface area contributed by atoms with E-state index in [9.17, 15) is 14.7 Å². The first-order valence-corrected chi connectivity index (χ1v) is 7.72. The summed E-state index contributed by atoms with van der Waals surface area (Å²) < 4.78 is 0. The van der Waals surface area contributed by atoms with Crippen LogP contribution in [-0.2, 0) is 4.79 Å². The molecule has 21 heavy (non-hydrogen) atoms. The standard InChI is InChI=1S/C15H28N2O4/c1-10(2)6-12(7-14(19)20)8-16-15(21)17-5-4-13(9-17)11(3)18/h10-13,18H,4-9H2,1-3H3,(H,16,21)(H,19,20)/t11?,12-,13?/m0/s1. The number of nitrogens with one attached hydrogen (secondary N) is 1. The molecule has 2 amide bonds. The summed E-state index contributed by atoms with van der Waals surface area (Å²) in [5, 5.41) is 21.3. The van der Waals surface area contributed by atoms with Crippen LogP contribution in [0.2, 0.25) is 0 Å². The van der Waals surface area contributed by atoms with Crippen molar-refractivity contribution in [3.05, 3.63) is 0 Å². The summed E-state index contributed by atoms with van der Waals surface area (Å²) in [6.45, 7) is 7.44. The lowest BCUT2D eigenvalue weighted by atomic mass is 9.94. The van der Waals surface area contributed by atoms with E-state index in [1.807, 2.05) is 13.8 Å². The number of hydrogen-bond acceptors (Lipinski definition) is 3. The van der Waals surface area contributed by atoms with E-state index in [4.69, 9.17) is 5.11 Å². The number of hydrogen-bond donors (Lipinski definition) is 3. The smallest absolute Gasteiger partial charge is 0.317 e. The number of amides is 2. The van der Waals surface area contributed by atoms with Gasteiger partial charge in [-0.3, -0.25) is 4.79 Å². The Balaban J connectivity index is 2.41. The molecule has 0 aromatic carbocycles. The van der Waals surface area contributed by atoms with Crippen LogP contribution in [0.25, 0.3) is 0 Å². The van der Waals surface area contributed by atoms with Crippen LogP contribution >= 0.6 is 0 Å². The number of aliphatic hydroxyl groups excluding tert-OH is 1. The largest absolute Gasteiger partial charge is 0.481 e. The number of carbonyl (C=O) groups is 2. The van der Waals surface area contributed by atoms with E-state index in [1.165, 1.54) is 0 Å². The second-order valence-electron chi connectivity index (χ2n) is 6.51. The third-order valence-electron chi connectivity index (χ3n) is 4.00. The molecule has 3 N–H and O–H groups in total. The molecule has 1 fully saturated rings. The summed E-state index contributed by atoms with van der Waals surface area (Å²) in [6, 6.07) is -0.155. The maximum absolute atomic E-state index is 12.1. The van der Waals surface area contributed by atoms with E-state index in [2.05, 4.69) is 5.32 Å². The van der Waals surface area contributed by atoms with Gasteiger partial charge in [-0.1, -0.05) is 13.8 Å². The Morgan fingerprint density at radius 1 is 1.33 bits per heavy atom. The number of carboxylic acid groups (broad SMARTS) is 1. The van der Waals surface area contributed by atoms with Gasteiger partial charge in [0.2, 0.25) is 0 Å². The van der Waals surface area contributed by atoms with Crippen molar-refractivity contribution < 1.29 is 19.8 Å². The Morgan fingerprint density at radius 3 is 2.48 bits per heavy atom. The molecule has 0 spiro atoms. The van der Waals surface area contributed by atoms with Crippen molar-refractivity contribution in [3.63, 3.8) is 0 Å². The molecule has 0 aliphatic carbocycles. The van der Waals surface area contributed by atoms with Gasteiger partial charge >= 0.3 is 12.0 Å². The Labute approximate surface area is 126 Å². The number of nitrogens with zero attached hydrogens (tertiary/aromatic N) is 1. The number of rotatable bonds is 7. The monoisotopic (exact) mass is 300 g/mol. The van der Waals surface area contributed by atoms with Crippen molar-refractivity contribution >= 4 is 12.0 Å². The number of carboxylic acids is 1. The fraction of sp³-hybridized carbons (Fsp3) is 0.867. The van der Waals surface area contributed by atoms with Gasteiger partial charge in [-0.2, -0.15) is 0 Å². The predicted octanol–water partition coefficient (Wildman–Crippen LogP) is 1.54. The molecule has 1 heterocycles. The summed E-state index contributed by atoms with van der Waals surface area (Å²) in [4.78, 5) is 24.6. The summed E-state index contributed by atoms with van der Waals surface area (Å²) in [6.07, 6.45) is 1.27. The molecule has 122 valence electrons. The Kier molecular flexibility index (Phi) is 6.95. The number of likely N-dealkylation sites (tertiary alicyclic amines) is 1. The Hall–Kier alpha value is -1.30. The third kappa shape index (κ3) is 6.33. The molecule has 0 saturated carbocycles. The van der Waals surface area contributed by atoms with Crippen molar-refractivity contribution in [2.24, 2.45) is 17.8 Å². The fourth-order valence-corrected chi connectivity index (χ4v) is 2.86. The average molecular weight is 300 g/mol. The van der Waals surface area contributed by atoms with Gasteiger partial charge in [0, 0.05) is 32.0 Å². The molecule has 0 bridgehead atoms. The Morgan fingerprint density at radius 2 is 2.00 bits per heavy atom. The molecule has 3 atom stereocenters. The van der Waals surface area contributed by atoms with E-state index < -0.39 is 12.1 Å². The highest BCUT2D eigenvalue weighted by Gasteiger charge is 2.29. The predicted molar refractivity (Wildman–Crippen MR) is 80.0 cm³/mol. The van der Waals surface area contributed by atoms with E-state index in [0.717, 1.165) is 12.8 Å². The molecule has 1 aliphatic heterocycles. The molecular weight excluding hydrogens is 272 g/mol. The molecule has 2 unspecified atom stereocenters. The Bertz CT molecular complexity index is 358. The van der Waals surface area contributed by atoms with Gasteiger partial charge in [0.15, 0.2) is 0 Å². The van der Waals surface area contributed by atoms with Gasteiger partial charge in [0.25, 0.3) is 0 Å². The van der Waals surface area contributed by atoms with Crippen LogP contribution in [0.3, 0.4) is 0 Å². The van der Waals surface area contributed by atoms with E-state index >= 15 is 0 Å². The van der Waals surface area contributed by atoms with Crippen LogP contribution in [0.5, 0.6) is 0 Å². The number of aliphatic carboxylic acids is 1. The second-order valence-corrected chi connectivity index (χ2v) is 6.51. The summed E-state index contributed by atoms with van der Waals surface area (Å²) in [5.41, 5.74) is 0. The zero-order valence-corrected chi connectivity index (χ0v) is 13.2. The van der Waals surface area contributed by atoms with Gasteiger partial charge in [-0.05, 0) is 31.6 Å². The van der Waals surface area contributed by atoms with Crippen molar-refractivity contribution in [2.45, 2.75) is 46.1 Å². The van der Waals surface area contributed by atoms with Crippen LogP contribution in [0.1, 0.15) is 40.0 Å². The first-order chi connectivity index (χ1) is 9.79. The molecule has 1 rings (SSSR count). The minimum atomic E-state index is -0.828. The third-order valence-corrected chi connectivity index (χ3v) is 4.00. The van der Waals surface area contributed by atoms with Crippen LogP contribution in [-0.4, -0.2) is 52.9 Å². The van der Waals surface area contributed by atoms with Crippen molar-refractivity contribution in [2.75, 3.05) is 19.6 Å². The molecule has 6 heteroatoms. The van der Waals surface area contributed by atoms with Gasteiger partial charge in [0.05, 0.1) is 6.10 Å². The fourth-order valence-electron chi connectivity index (χ4n) is 2.86. The molecule has 0 aromatic rings. The highest BCUT2D eigenvalue weighted by molar-refractivity contribution is 5.74. The van der Waals surface area contributed by atoms with Crippen LogP contribution in [0, 0.1) is 17.8 Å². The lowest BCUT2D eigenvalue weighted by Gasteiger charge is -2.22. The van der Waals surface area contributed by atoms with Gasteiger partial charge in [-0.25, -0.2) is 4.79 Å². The van der Waals surface area contributed by atoms with Gasteiger partial charge in [0.1, 0.15) is 0 Å². The zero-order valence-electron chi connectivity index (χ0n) is 13.2.